The molecule has 0 bridgehead atoms. The Balaban J connectivity index is 1.70. The lowest BCUT2D eigenvalue weighted by Crippen LogP contribution is -2.40. The van der Waals surface area contributed by atoms with Crippen LogP contribution in [-0.4, -0.2) is 37.0 Å². The van der Waals surface area contributed by atoms with Crippen LogP contribution < -0.4 is 10.5 Å². The van der Waals surface area contributed by atoms with E-state index in [-0.39, 0.29) is 5.91 Å². The normalized spacial score (nSPS) is 19.1. The van der Waals surface area contributed by atoms with Gasteiger partial charge in [0.25, 0.3) is 5.91 Å². The minimum Gasteiger partial charge on any atom is -0.493 e. The first-order valence-electron chi connectivity index (χ1n) is 7.03. The molecule has 2 aliphatic heterocycles. The highest BCUT2D eigenvalue weighted by Gasteiger charge is 2.24. The number of rotatable bonds is 2. The van der Waals surface area contributed by atoms with Gasteiger partial charge < -0.3 is 15.4 Å². The third-order valence-corrected chi connectivity index (χ3v) is 4.17. The summed E-state index contributed by atoms with van der Waals surface area (Å²) in [6.07, 6.45) is 2.96. The molecule has 1 saturated heterocycles. The van der Waals surface area contributed by atoms with Crippen molar-refractivity contribution in [3.8, 4) is 5.75 Å². The molecule has 1 aromatic carbocycles. The molecule has 2 aliphatic rings. The molecule has 0 saturated carbocycles. The van der Waals surface area contributed by atoms with Gasteiger partial charge in [-0.1, -0.05) is 0 Å². The van der Waals surface area contributed by atoms with Crippen LogP contribution >= 0.6 is 0 Å². The number of nitrogens with two attached hydrogens (primary N) is 1. The molecular weight excluding hydrogens is 240 g/mol. The second kappa shape index (κ2) is 5.21. The van der Waals surface area contributed by atoms with Gasteiger partial charge in [0.1, 0.15) is 5.75 Å². The minimum atomic E-state index is 0.144. The molecule has 1 fully saturated rings. The lowest BCUT2D eigenvalue weighted by Gasteiger charge is -2.31. The number of ether oxygens (including phenoxy) is 1. The quantitative estimate of drug-likeness (QED) is 0.875. The average molecular weight is 260 g/mol. The first-order chi connectivity index (χ1) is 9.28. The van der Waals surface area contributed by atoms with Crippen LogP contribution in [0.25, 0.3) is 0 Å². The zero-order valence-corrected chi connectivity index (χ0v) is 11.1. The third kappa shape index (κ3) is 2.45. The molecule has 4 nitrogen and oxygen atoms in total. The highest BCUT2D eigenvalue weighted by atomic mass is 16.5. The molecule has 2 N–H and O–H groups in total. The van der Waals surface area contributed by atoms with Crippen molar-refractivity contribution in [3.05, 3.63) is 29.3 Å². The predicted molar refractivity (Wildman–Crippen MR) is 73.3 cm³/mol. The van der Waals surface area contributed by atoms with Crippen molar-refractivity contribution in [2.45, 2.75) is 19.3 Å². The van der Waals surface area contributed by atoms with E-state index in [0.717, 1.165) is 62.4 Å². The number of piperidine rings is 1. The van der Waals surface area contributed by atoms with Gasteiger partial charge >= 0.3 is 0 Å². The smallest absolute Gasteiger partial charge is 0.253 e. The number of likely N-dealkylation sites (tertiary alicyclic amines) is 1. The molecule has 2 heterocycles. The van der Waals surface area contributed by atoms with Crippen molar-refractivity contribution in [1.82, 2.24) is 4.90 Å². The van der Waals surface area contributed by atoms with Gasteiger partial charge in [-0.25, -0.2) is 0 Å². The lowest BCUT2D eigenvalue weighted by atomic mass is 9.96. The van der Waals surface area contributed by atoms with E-state index in [9.17, 15) is 4.79 Å². The Kier molecular flexibility index (Phi) is 3.42. The van der Waals surface area contributed by atoms with E-state index in [1.807, 2.05) is 23.1 Å². The van der Waals surface area contributed by atoms with Gasteiger partial charge in [0.2, 0.25) is 0 Å². The summed E-state index contributed by atoms with van der Waals surface area (Å²) in [5.41, 5.74) is 7.62. The molecule has 1 aromatic rings. The van der Waals surface area contributed by atoms with Gasteiger partial charge in [-0.15, -0.1) is 0 Å². The fraction of sp³-hybridized carbons (Fsp3) is 0.533. The first-order valence-corrected chi connectivity index (χ1v) is 7.03. The van der Waals surface area contributed by atoms with Gasteiger partial charge in [0, 0.05) is 25.1 Å². The molecule has 102 valence electrons. The number of hydrogen-bond acceptors (Lipinski definition) is 3. The molecular formula is C15H20N2O2. The van der Waals surface area contributed by atoms with E-state index in [0.29, 0.717) is 5.92 Å². The summed E-state index contributed by atoms with van der Waals surface area (Å²) >= 11 is 0. The van der Waals surface area contributed by atoms with Crippen LogP contribution in [0.3, 0.4) is 0 Å². The standard InChI is InChI=1S/C15H20N2O2/c16-10-11-3-6-17(7-4-11)15(18)13-1-2-14-12(9-13)5-8-19-14/h1-2,9,11H,3-8,10,16H2. The Morgan fingerprint density at radius 2 is 2.16 bits per heavy atom. The van der Waals surface area contributed by atoms with Gasteiger partial charge in [-0.05, 0) is 49.1 Å². The molecule has 0 unspecified atom stereocenters. The SMILES string of the molecule is NCC1CCN(C(=O)c2ccc3c(c2)CCO3)CC1. The van der Waals surface area contributed by atoms with Gasteiger partial charge in [-0.3, -0.25) is 4.79 Å². The predicted octanol–water partition coefficient (Wildman–Crippen LogP) is 1.43. The molecule has 0 aliphatic carbocycles. The van der Waals surface area contributed by atoms with Crippen LogP contribution in [0.1, 0.15) is 28.8 Å². The number of fused-ring (bicyclic) bond motifs is 1. The molecule has 3 rings (SSSR count). The monoisotopic (exact) mass is 260 g/mol. The molecule has 0 radical (unpaired) electrons. The summed E-state index contributed by atoms with van der Waals surface area (Å²) in [7, 11) is 0. The third-order valence-electron chi connectivity index (χ3n) is 4.17. The molecule has 1 amide bonds. The summed E-state index contributed by atoms with van der Waals surface area (Å²) in [6.45, 7) is 3.12. The molecule has 0 spiro atoms. The Hall–Kier alpha value is -1.55. The Morgan fingerprint density at radius 1 is 1.37 bits per heavy atom. The highest BCUT2D eigenvalue weighted by molar-refractivity contribution is 5.94. The Labute approximate surface area is 113 Å². The molecule has 19 heavy (non-hydrogen) atoms. The fourth-order valence-electron chi connectivity index (χ4n) is 2.87. The van der Waals surface area contributed by atoms with Crippen LogP contribution in [0.5, 0.6) is 5.75 Å². The van der Waals surface area contributed by atoms with Crippen LogP contribution in [-0.2, 0) is 6.42 Å². The largest absolute Gasteiger partial charge is 0.493 e. The van der Waals surface area contributed by atoms with Gasteiger partial charge in [0.15, 0.2) is 0 Å². The van der Waals surface area contributed by atoms with Crippen molar-refractivity contribution in [2.75, 3.05) is 26.2 Å². The van der Waals surface area contributed by atoms with Crippen molar-refractivity contribution >= 4 is 5.91 Å². The second-order valence-corrected chi connectivity index (χ2v) is 5.39. The van der Waals surface area contributed by atoms with Crippen molar-refractivity contribution < 1.29 is 9.53 Å². The van der Waals surface area contributed by atoms with Gasteiger partial charge in [0.05, 0.1) is 6.61 Å². The lowest BCUT2D eigenvalue weighted by molar-refractivity contribution is 0.0693. The van der Waals surface area contributed by atoms with Crippen LogP contribution in [0.4, 0.5) is 0 Å². The second-order valence-electron chi connectivity index (χ2n) is 5.39. The number of carbonyl (C=O) groups excluding carboxylic acids is 1. The number of amides is 1. The maximum Gasteiger partial charge on any atom is 0.253 e. The minimum absolute atomic E-state index is 0.144. The summed E-state index contributed by atoms with van der Waals surface area (Å²) in [6, 6.07) is 5.78. The number of hydrogen-bond donors (Lipinski definition) is 1. The van der Waals surface area contributed by atoms with Crippen LogP contribution in [0.2, 0.25) is 0 Å². The van der Waals surface area contributed by atoms with Crippen LogP contribution in [0.15, 0.2) is 18.2 Å². The van der Waals surface area contributed by atoms with Gasteiger partial charge in [-0.2, -0.15) is 0 Å². The van der Waals surface area contributed by atoms with Crippen LogP contribution in [0, 0.1) is 5.92 Å². The number of benzene rings is 1. The zero-order valence-electron chi connectivity index (χ0n) is 11.1. The van der Waals surface area contributed by atoms with E-state index < -0.39 is 0 Å². The number of nitrogens with zero attached hydrogens (tertiary/aromatic N) is 1. The first kappa shape index (κ1) is 12.5. The summed E-state index contributed by atoms with van der Waals surface area (Å²) in [5.74, 6) is 1.65. The van der Waals surface area contributed by atoms with E-state index in [1.165, 1.54) is 0 Å². The summed E-state index contributed by atoms with van der Waals surface area (Å²) in [4.78, 5) is 14.4. The van der Waals surface area contributed by atoms with Crippen molar-refractivity contribution in [3.63, 3.8) is 0 Å². The summed E-state index contributed by atoms with van der Waals surface area (Å²) < 4.78 is 5.47. The van der Waals surface area contributed by atoms with E-state index >= 15 is 0 Å². The van der Waals surface area contributed by atoms with E-state index in [4.69, 9.17) is 10.5 Å². The number of carbonyl (C=O) groups is 1. The Bertz CT molecular complexity index is 479. The summed E-state index contributed by atoms with van der Waals surface area (Å²) in [5, 5.41) is 0. The zero-order chi connectivity index (χ0) is 13.2. The Morgan fingerprint density at radius 3 is 2.89 bits per heavy atom. The molecule has 0 aromatic heterocycles. The topological polar surface area (TPSA) is 55.6 Å². The van der Waals surface area contributed by atoms with E-state index in [2.05, 4.69) is 0 Å². The van der Waals surface area contributed by atoms with E-state index in [1.54, 1.807) is 0 Å². The maximum atomic E-state index is 12.4. The highest BCUT2D eigenvalue weighted by Crippen LogP contribution is 2.27. The average Bonchev–Trinajstić information content (AvgIpc) is 2.94. The molecule has 0 atom stereocenters. The maximum absolute atomic E-state index is 12.4. The van der Waals surface area contributed by atoms with Crippen molar-refractivity contribution in [1.29, 1.82) is 0 Å². The van der Waals surface area contributed by atoms with Crippen molar-refractivity contribution in [2.24, 2.45) is 11.7 Å². The fourth-order valence-corrected chi connectivity index (χ4v) is 2.87. The molecule has 4 heteroatoms.